The highest BCUT2D eigenvalue weighted by Crippen LogP contribution is 2.01. The molecular weight excluding hydrogens is 170 g/mol. The summed E-state index contributed by atoms with van der Waals surface area (Å²) in [6.45, 7) is 8.85. The molecular formula is C9H17NOS. The molecule has 1 amide bonds. The maximum atomic E-state index is 11.4. The molecule has 3 heteroatoms. The minimum absolute atomic E-state index is 0.0834. The van der Waals surface area contributed by atoms with Crippen LogP contribution in [0, 0.1) is 0 Å². The third kappa shape index (κ3) is 3.81. The topological polar surface area (TPSA) is 20.3 Å². The predicted octanol–water partition coefficient (Wildman–Crippen LogP) is 1.73. The van der Waals surface area contributed by atoms with Crippen molar-refractivity contribution in [3.8, 4) is 0 Å². The van der Waals surface area contributed by atoms with Gasteiger partial charge in [0.2, 0.25) is 5.91 Å². The van der Waals surface area contributed by atoms with Crippen molar-refractivity contribution in [3.05, 3.63) is 12.7 Å². The lowest BCUT2D eigenvalue weighted by Crippen LogP contribution is -2.36. The normalized spacial score (nSPS) is 12.2. The van der Waals surface area contributed by atoms with Gasteiger partial charge in [-0.2, -0.15) is 12.6 Å². The van der Waals surface area contributed by atoms with Gasteiger partial charge in [0.05, 0.1) is 5.25 Å². The van der Waals surface area contributed by atoms with E-state index in [1.165, 1.54) is 0 Å². The van der Waals surface area contributed by atoms with Crippen LogP contribution < -0.4 is 0 Å². The van der Waals surface area contributed by atoms with Crippen molar-refractivity contribution >= 4 is 18.5 Å². The van der Waals surface area contributed by atoms with Crippen molar-refractivity contribution in [1.82, 2.24) is 4.90 Å². The lowest BCUT2D eigenvalue weighted by atomic mass is 10.3. The van der Waals surface area contributed by atoms with Crippen LogP contribution in [0.3, 0.4) is 0 Å². The molecule has 0 N–H and O–H groups in total. The van der Waals surface area contributed by atoms with E-state index in [9.17, 15) is 4.79 Å². The van der Waals surface area contributed by atoms with Gasteiger partial charge in [0.1, 0.15) is 0 Å². The highest BCUT2D eigenvalue weighted by Gasteiger charge is 2.14. The standard InChI is InChI=1S/C9H17NOS/c1-4-6-10(7-5-2)9(11)8(3)12/h4,8,12H,1,5-7H2,2-3H3. The summed E-state index contributed by atoms with van der Waals surface area (Å²) in [5, 5.41) is -0.212. The van der Waals surface area contributed by atoms with Gasteiger partial charge < -0.3 is 4.90 Å². The van der Waals surface area contributed by atoms with Crippen molar-refractivity contribution in [2.75, 3.05) is 13.1 Å². The Morgan fingerprint density at radius 2 is 2.33 bits per heavy atom. The second-order valence-electron chi connectivity index (χ2n) is 2.75. The van der Waals surface area contributed by atoms with Gasteiger partial charge >= 0.3 is 0 Å². The average molecular weight is 187 g/mol. The van der Waals surface area contributed by atoms with Crippen LogP contribution in [-0.2, 0) is 4.79 Å². The van der Waals surface area contributed by atoms with Crippen LogP contribution in [0.15, 0.2) is 12.7 Å². The maximum absolute atomic E-state index is 11.4. The molecule has 2 nitrogen and oxygen atoms in total. The van der Waals surface area contributed by atoms with Crippen LogP contribution in [0.5, 0.6) is 0 Å². The first-order valence-corrected chi connectivity index (χ1v) is 4.72. The Morgan fingerprint density at radius 1 is 1.75 bits per heavy atom. The number of hydrogen-bond donors (Lipinski definition) is 1. The molecule has 0 aliphatic heterocycles. The number of thiol groups is 1. The summed E-state index contributed by atoms with van der Waals surface area (Å²) in [6, 6.07) is 0. The summed E-state index contributed by atoms with van der Waals surface area (Å²) in [5.41, 5.74) is 0. The molecule has 70 valence electrons. The Bertz CT molecular complexity index is 157. The van der Waals surface area contributed by atoms with E-state index >= 15 is 0 Å². The smallest absolute Gasteiger partial charge is 0.235 e. The first kappa shape index (κ1) is 11.6. The fourth-order valence-corrected chi connectivity index (χ4v) is 1.14. The van der Waals surface area contributed by atoms with Gasteiger partial charge in [-0.05, 0) is 13.3 Å². The van der Waals surface area contributed by atoms with Gasteiger partial charge in [0.15, 0.2) is 0 Å². The summed E-state index contributed by atoms with van der Waals surface area (Å²) >= 11 is 4.09. The number of hydrogen-bond acceptors (Lipinski definition) is 2. The van der Waals surface area contributed by atoms with Crippen LogP contribution in [0.1, 0.15) is 20.3 Å². The molecule has 0 rings (SSSR count). The third-order valence-electron chi connectivity index (χ3n) is 1.51. The zero-order valence-corrected chi connectivity index (χ0v) is 8.68. The number of carbonyl (C=O) groups is 1. The molecule has 0 spiro atoms. The van der Waals surface area contributed by atoms with Gasteiger partial charge in [0.25, 0.3) is 0 Å². The summed E-state index contributed by atoms with van der Waals surface area (Å²) in [6.07, 6.45) is 2.71. The van der Waals surface area contributed by atoms with E-state index in [0.29, 0.717) is 6.54 Å². The molecule has 0 aromatic carbocycles. The highest BCUT2D eigenvalue weighted by atomic mass is 32.1. The molecule has 0 saturated heterocycles. The van der Waals surface area contributed by atoms with Crippen molar-refractivity contribution < 1.29 is 4.79 Å². The van der Waals surface area contributed by atoms with Crippen molar-refractivity contribution in [3.63, 3.8) is 0 Å². The molecule has 0 radical (unpaired) electrons. The van der Waals surface area contributed by atoms with E-state index < -0.39 is 0 Å². The molecule has 0 bridgehead atoms. The van der Waals surface area contributed by atoms with Crippen LogP contribution >= 0.6 is 12.6 Å². The minimum Gasteiger partial charge on any atom is -0.338 e. The van der Waals surface area contributed by atoms with E-state index in [-0.39, 0.29) is 11.2 Å². The average Bonchev–Trinajstić information content (AvgIpc) is 2.03. The zero-order chi connectivity index (χ0) is 9.56. The van der Waals surface area contributed by atoms with E-state index in [1.54, 1.807) is 17.9 Å². The SMILES string of the molecule is C=CCN(CCC)C(=O)C(C)S. The monoisotopic (exact) mass is 187 g/mol. The molecule has 0 aliphatic rings. The van der Waals surface area contributed by atoms with Gasteiger partial charge in [-0.25, -0.2) is 0 Å². The predicted molar refractivity (Wildman–Crippen MR) is 55.5 cm³/mol. The summed E-state index contributed by atoms with van der Waals surface area (Å²) in [4.78, 5) is 13.2. The Balaban J connectivity index is 4.08. The van der Waals surface area contributed by atoms with Gasteiger partial charge in [-0.15, -0.1) is 6.58 Å². The summed E-state index contributed by atoms with van der Waals surface area (Å²) in [5.74, 6) is 0.0834. The van der Waals surface area contributed by atoms with Crippen LogP contribution in [0.25, 0.3) is 0 Å². The summed E-state index contributed by atoms with van der Waals surface area (Å²) in [7, 11) is 0. The zero-order valence-electron chi connectivity index (χ0n) is 7.79. The molecule has 12 heavy (non-hydrogen) atoms. The van der Waals surface area contributed by atoms with E-state index in [2.05, 4.69) is 19.2 Å². The van der Waals surface area contributed by atoms with Crippen molar-refractivity contribution in [2.45, 2.75) is 25.5 Å². The van der Waals surface area contributed by atoms with Gasteiger partial charge in [-0.1, -0.05) is 13.0 Å². The molecule has 1 unspecified atom stereocenters. The Kier molecular flexibility index (Phi) is 5.89. The first-order valence-electron chi connectivity index (χ1n) is 4.21. The quantitative estimate of drug-likeness (QED) is 0.513. The lowest BCUT2D eigenvalue weighted by molar-refractivity contribution is -0.129. The van der Waals surface area contributed by atoms with E-state index in [0.717, 1.165) is 13.0 Å². The first-order chi connectivity index (χ1) is 5.63. The molecule has 0 aliphatic carbocycles. The Hall–Kier alpha value is -0.440. The second-order valence-corrected chi connectivity index (χ2v) is 3.52. The van der Waals surface area contributed by atoms with E-state index in [4.69, 9.17) is 0 Å². The fraction of sp³-hybridized carbons (Fsp3) is 0.667. The van der Waals surface area contributed by atoms with Crippen LogP contribution in [0.2, 0.25) is 0 Å². The third-order valence-corrected chi connectivity index (χ3v) is 1.73. The molecule has 0 saturated carbocycles. The second kappa shape index (κ2) is 6.12. The molecule has 1 atom stereocenters. The number of rotatable bonds is 5. The number of carbonyl (C=O) groups excluding carboxylic acids is 1. The van der Waals surface area contributed by atoms with Crippen LogP contribution in [0.4, 0.5) is 0 Å². The Labute approximate surface area is 80.0 Å². The minimum atomic E-state index is -0.212. The molecule has 0 heterocycles. The molecule has 0 aromatic rings. The maximum Gasteiger partial charge on any atom is 0.235 e. The van der Waals surface area contributed by atoms with Crippen molar-refractivity contribution in [1.29, 1.82) is 0 Å². The number of amides is 1. The van der Waals surface area contributed by atoms with Gasteiger partial charge in [-0.3, -0.25) is 4.79 Å². The van der Waals surface area contributed by atoms with Crippen molar-refractivity contribution in [2.24, 2.45) is 0 Å². The largest absolute Gasteiger partial charge is 0.338 e. The molecule has 0 aromatic heterocycles. The Morgan fingerprint density at radius 3 is 2.67 bits per heavy atom. The van der Waals surface area contributed by atoms with Crippen LogP contribution in [-0.4, -0.2) is 29.1 Å². The fourth-order valence-electron chi connectivity index (χ4n) is 0.981. The van der Waals surface area contributed by atoms with Gasteiger partial charge in [0, 0.05) is 13.1 Å². The lowest BCUT2D eigenvalue weighted by Gasteiger charge is -2.21. The number of nitrogens with zero attached hydrogens (tertiary/aromatic N) is 1. The summed E-state index contributed by atoms with van der Waals surface area (Å²) < 4.78 is 0. The molecule has 0 fully saturated rings. The highest BCUT2D eigenvalue weighted by molar-refractivity contribution is 7.81. The van der Waals surface area contributed by atoms with E-state index in [1.807, 2.05) is 6.92 Å².